The Morgan fingerprint density at radius 1 is 1.05 bits per heavy atom. The van der Waals surface area contributed by atoms with Gasteiger partial charge in [0.05, 0.1) is 4.92 Å². The third kappa shape index (κ3) is 3.05. The van der Waals surface area contributed by atoms with Crippen molar-refractivity contribution in [3.05, 3.63) is 69.8 Å². The van der Waals surface area contributed by atoms with Gasteiger partial charge in [0.2, 0.25) is 0 Å². The van der Waals surface area contributed by atoms with Gasteiger partial charge in [-0.05, 0) is 48.9 Å². The highest BCUT2D eigenvalue weighted by atomic mass is 16.6. The highest BCUT2D eigenvalue weighted by Gasteiger charge is 2.20. The zero-order chi connectivity index (χ0) is 14.7. The molecule has 0 fully saturated rings. The van der Waals surface area contributed by atoms with Gasteiger partial charge in [0, 0.05) is 12.1 Å². The van der Waals surface area contributed by atoms with Crippen molar-refractivity contribution in [2.45, 2.75) is 31.8 Å². The summed E-state index contributed by atoms with van der Waals surface area (Å²) in [5.74, 6) is 0.683. The predicted octanol–water partition coefficient (Wildman–Crippen LogP) is 4.44. The first-order chi connectivity index (χ1) is 10.2. The maximum atomic E-state index is 10.7. The van der Waals surface area contributed by atoms with Crippen LogP contribution < -0.4 is 4.74 Å². The van der Waals surface area contributed by atoms with Gasteiger partial charge < -0.3 is 4.74 Å². The fourth-order valence-electron chi connectivity index (χ4n) is 2.81. The Hall–Kier alpha value is -2.36. The minimum Gasteiger partial charge on any atom is -0.486 e. The molecule has 4 heteroatoms. The number of non-ortho nitro benzene ring substituents is 1. The highest BCUT2D eigenvalue weighted by Crippen LogP contribution is 2.33. The predicted molar refractivity (Wildman–Crippen MR) is 80.5 cm³/mol. The second-order valence-electron chi connectivity index (χ2n) is 5.30. The third-order valence-electron chi connectivity index (χ3n) is 3.89. The van der Waals surface area contributed by atoms with Crippen molar-refractivity contribution in [1.29, 1.82) is 0 Å². The molecule has 4 nitrogen and oxygen atoms in total. The Balaban J connectivity index is 1.82. The summed E-state index contributed by atoms with van der Waals surface area (Å²) >= 11 is 0. The number of nitro groups is 1. The number of benzene rings is 2. The molecule has 0 amide bonds. The van der Waals surface area contributed by atoms with Gasteiger partial charge in [0.15, 0.2) is 0 Å². The Kier molecular flexibility index (Phi) is 3.86. The Bertz CT molecular complexity index is 637. The van der Waals surface area contributed by atoms with Crippen molar-refractivity contribution in [2.75, 3.05) is 0 Å². The molecule has 0 aliphatic heterocycles. The summed E-state index contributed by atoms with van der Waals surface area (Å²) in [7, 11) is 0. The van der Waals surface area contributed by atoms with Gasteiger partial charge in [-0.25, -0.2) is 0 Å². The van der Waals surface area contributed by atoms with Crippen LogP contribution in [0.3, 0.4) is 0 Å². The second-order valence-corrected chi connectivity index (χ2v) is 5.30. The van der Waals surface area contributed by atoms with E-state index in [9.17, 15) is 10.1 Å². The number of aryl methyl sites for hydroxylation is 1. The fourth-order valence-corrected chi connectivity index (χ4v) is 2.81. The average molecular weight is 283 g/mol. The maximum Gasteiger partial charge on any atom is 0.269 e. The van der Waals surface area contributed by atoms with Crippen LogP contribution in [0.2, 0.25) is 0 Å². The van der Waals surface area contributed by atoms with Crippen LogP contribution in [0.1, 0.15) is 36.5 Å². The molecule has 21 heavy (non-hydrogen) atoms. The van der Waals surface area contributed by atoms with Crippen LogP contribution in [-0.4, -0.2) is 4.92 Å². The zero-order valence-corrected chi connectivity index (χ0v) is 11.7. The third-order valence-corrected chi connectivity index (χ3v) is 3.89. The van der Waals surface area contributed by atoms with E-state index in [1.165, 1.54) is 29.7 Å². The van der Waals surface area contributed by atoms with Gasteiger partial charge in [-0.15, -0.1) is 0 Å². The molecular weight excluding hydrogens is 266 g/mol. The van der Waals surface area contributed by atoms with Gasteiger partial charge in [-0.1, -0.05) is 24.3 Å². The van der Waals surface area contributed by atoms with Crippen LogP contribution in [0, 0.1) is 10.1 Å². The van der Waals surface area contributed by atoms with Crippen molar-refractivity contribution in [3.63, 3.8) is 0 Å². The van der Waals surface area contributed by atoms with Crippen molar-refractivity contribution in [3.8, 4) is 5.75 Å². The number of hydrogen-bond donors (Lipinski definition) is 0. The van der Waals surface area contributed by atoms with E-state index in [4.69, 9.17) is 4.74 Å². The van der Waals surface area contributed by atoms with Gasteiger partial charge in [0.25, 0.3) is 5.69 Å². The van der Waals surface area contributed by atoms with E-state index in [0.29, 0.717) is 5.75 Å². The standard InChI is InChI=1S/C17H17NO3/c19-18(20)14-9-11-15(12-10-14)21-17-8-4-2-6-13-5-1-3-7-16(13)17/h1,3,5,7,9-12,17H,2,4,6,8H2. The van der Waals surface area contributed by atoms with Crippen LogP contribution in [0.25, 0.3) is 0 Å². The zero-order valence-electron chi connectivity index (χ0n) is 11.7. The lowest BCUT2D eigenvalue weighted by atomic mass is 10.0. The number of rotatable bonds is 3. The molecule has 0 radical (unpaired) electrons. The molecule has 1 atom stereocenters. The van der Waals surface area contributed by atoms with E-state index in [2.05, 4.69) is 18.2 Å². The number of nitrogens with zero attached hydrogens (tertiary/aromatic N) is 1. The van der Waals surface area contributed by atoms with Crippen LogP contribution in [0.15, 0.2) is 48.5 Å². The molecule has 0 heterocycles. The summed E-state index contributed by atoms with van der Waals surface area (Å²) in [4.78, 5) is 10.3. The largest absolute Gasteiger partial charge is 0.486 e. The minimum absolute atomic E-state index is 0.0326. The Morgan fingerprint density at radius 3 is 2.57 bits per heavy atom. The Labute approximate surface area is 123 Å². The van der Waals surface area contributed by atoms with Gasteiger partial charge in [-0.2, -0.15) is 0 Å². The molecule has 1 aliphatic carbocycles. The van der Waals surface area contributed by atoms with E-state index in [0.717, 1.165) is 19.3 Å². The average Bonchev–Trinajstić information content (AvgIpc) is 2.71. The van der Waals surface area contributed by atoms with Crippen LogP contribution in [-0.2, 0) is 6.42 Å². The first-order valence-electron chi connectivity index (χ1n) is 7.23. The van der Waals surface area contributed by atoms with Crippen LogP contribution in [0.4, 0.5) is 5.69 Å². The second kappa shape index (κ2) is 5.95. The monoisotopic (exact) mass is 283 g/mol. The first-order valence-corrected chi connectivity index (χ1v) is 7.23. The summed E-state index contributed by atoms with van der Waals surface area (Å²) < 4.78 is 6.07. The molecule has 0 spiro atoms. The van der Waals surface area contributed by atoms with Crippen LogP contribution >= 0.6 is 0 Å². The lowest BCUT2D eigenvalue weighted by Crippen LogP contribution is -2.08. The van der Waals surface area contributed by atoms with E-state index in [1.54, 1.807) is 12.1 Å². The smallest absolute Gasteiger partial charge is 0.269 e. The fraction of sp³-hybridized carbons (Fsp3) is 0.294. The van der Waals surface area contributed by atoms with Crippen molar-refractivity contribution >= 4 is 5.69 Å². The summed E-state index contributed by atoms with van der Waals surface area (Å²) in [5, 5.41) is 10.7. The normalized spacial score (nSPS) is 17.6. The van der Waals surface area contributed by atoms with E-state index in [1.807, 2.05) is 6.07 Å². The molecule has 0 N–H and O–H groups in total. The van der Waals surface area contributed by atoms with E-state index in [-0.39, 0.29) is 11.8 Å². The quantitative estimate of drug-likeness (QED) is 0.475. The molecule has 108 valence electrons. The molecule has 0 aromatic heterocycles. The van der Waals surface area contributed by atoms with Gasteiger partial charge >= 0.3 is 0 Å². The first kappa shape index (κ1) is 13.6. The molecule has 0 saturated carbocycles. The lowest BCUT2D eigenvalue weighted by molar-refractivity contribution is -0.384. The maximum absolute atomic E-state index is 10.7. The van der Waals surface area contributed by atoms with Gasteiger partial charge in [0.1, 0.15) is 11.9 Å². The summed E-state index contributed by atoms with van der Waals surface area (Å²) in [5.41, 5.74) is 2.68. The number of fused-ring (bicyclic) bond motifs is 1. The molecular formula is C17H17NO3. The van der Waals surface area contributed by atoms with E-state index >= 15 is 0 Å². The summed E-state index contributed by atoms with van der Waals surface area (Å²) in [6.45, 7) is 0. The number of nitro benzene ring substituents is 1. The van der Waals surface area contributed by atoms with Crippen LogP contribution in [0.5, 0.6) is 5.75 Å². The summed E-state index contributed by atoms with van der Waals surface area (Å²) in [6.07, 6.45) is 4.42. The van der Waals surface area contributed by atoms with E-state index < -0.39 is 4.92 Å². The summed E-state index contributed by atoms with van der Waals surface area (Å²) in [6, 6.07) is 14.7. The molecule has 1 aliphatic rings. The molecule has 2 aromatic carbocycles. The molecule has 0 saturated heterocycles. The number of hydrogen-bond acceptors (Lipinski definition) is 3. The molecule has 3 rings (SSSR count). The molecule has 0 bridgehead atoms. The lowest BCUT2D eigenvalue weighted by Gasteiger charge is -2.19. The Morgan fingerprint density at radius 2 is 1.81 bits per heavy atom. The molecule has 2 aromatic rings. The number of ether oxygens (including phenoxy) is 1. The van der Waals surface area contributed by atoms with Gasteiger partial charge in [-0.3, -0.25) is 10.1 Å². The van der Waals surface area contributed by atoms with Crippen molar-refractivity contribution < 1.29 is 9.66 Å². The SMILES string of the molecule is O=[N+]([O-])c1ccc(OC2CCCCc3ccccc32)cc1. The molecule has 1 unspecified atom stereocenters. The minimum atomic E-state index is -0.398. The van der Waals surface area contributed by atoms with Crippen molar-refractivity contribution in [2.24, 2.45) is 0 Å². The van der Waals surface area contributed by atoms with Crippen molar-refractivity contribution in [1.82, 2.24) is 0 Å². The highest BCUT2D eigenvalue weighted by molar-refractivity contribution is 5.37. The topological polar surface area (TPSA) is 52.4 Å².